The first kappa shape index (κ1) is 17.6. The molecule has 0 heterocycles. The van der Waals surface area contributed by atoms with Gasteiger partial charge in [-0.2, -0.15) is 0 Å². The molecule has 0 unspecified atom stereocenters. The van der Waals surface area contributed by atoms with Crippen molar-refractivity contribution < 1.29 is 14.3 Å². The van der Waals surface area contributed by atoms with E-state index in [1.165, 1.54) is 17.5 Å². The Morgan fingerprint density at radius 2 is 1.96 bits per heavy atom. The SMILES string of the molecule is COc1ccc(Cl)cc1NC(=O)[C@H](C)Oc1cccc2c1CCCC2. The molecule has 2 aromatic rings. The number of rotatable bonds is 5. The van der Waals surface area contributed by atoms with Crippen LogP contribution < -0.4 is 14.8 Å². The molecule has 1 aliphatic carbocycles. The van der Waals surface area contributed by atoms with Gasteiger partial charge in [0.1, 0.15) is 11.5 Å². The van der Waals surface area contributed by atoms with E-state index < -0.39 is 6.10 Å². The van der Waals surface area contributed by atoms with Crippen molar-refractivity contribution in [3.8, 4) is 11.5 Å². The maximum Gasteiger partial charge on any atom is 0.265 e. The Hall–Kier alpha value is -2.20. The topological polar surface area (TPSA) is 47.6 Å². The lowest BCUT2D eigenvalue weighted by atomic mass is 9.91. The lowest BCUT2D eigenvalue weighted by Gasteiger charge is -2.22. The minimum absolute atomic E-state index is 0.242. The lowest BCUT2D eigenvalue weighted by molar-refractivity contribution is -0.122. The first-order valence-electron chi connectivity index (χ1n) is 8.50. The van der Waals surface area contributed by atoms with Crippen molar-refractivity contribution in [3.05, 3.63) is 52.5 Å². The van der Waals surface area contributed by atoms with Crippen LogP contribution in [0.3, 0.4) is 0 Å². The van der Waals surface area contributed by atoms with E-state index in [2.05, 4.69) is 11.4 Å². The maximum atomic E-state index is 12.5. The van der Waals surface area contributed by atoms with Gasteiger partial charge < -0.3 is 14.8 Å². The molecule has 2 aromatic carbocycles. The maximum absolute atomic E-state index is 12.5. The molecular formula is C20H22ClNO3. The summed E-state index contributed by atoms with van der Waals surface area (Å²) in [5.74, 6) is 1.12. The normalized spacial score (nSPS) is 14.4. The number of hydrogen-bond donors (Lipinski definition) is 1. The summed E-state index contributed by atoms with van der Waals surface area (Å²) >= 11 is 6.01. The third kappa shape index (κ3) is 4.07. The van der Waals surface area contributed by atoms with Crippen LogP contribution in [0.2, 0.25) is 5.02 Å². The third-order valence-electron chi connectivity index (χ3n) is 4.45. The number of nitrogens with one attached hydrogen (secondary N) is 1. The van der Waals surface area contributed by atoms with E-state index in [0.717, 1.165) is 25.0 Å². The molecule has 0 aliphatic heterocycles. The van der Waals surface area contributed by atoms with Crippen LogP contribution in [0.25, 0.3) is 0 Å². The second-order valence-electron chi connectivity index (χ2n) is 6.19. The van der Waals surface area contributed by atoms with Crippen LogP contribution in [-0.4, -0.2) is 19.1 Å². The van der Waals surface area contributed by atoms with Crippen molar-refractivity contribution in [1.82, 2.24) is 0 Å². The first-order chi connectivity index (χ1) is 12.1. The van der Waals surface area contributed by atoms with E-state index in [1.807, 2.05) is 12.1 Å². The lowest BCUT2D eigenvalue weighted by Crippen LogP contribution is -2.30. The molecule has 1 atom stereocenters. The predicted molar refractivity (Wildman–Crippen MR) is 99.8 cm³/mol. The number of hydrogen-bond acceptors (Lipinski definition) is 3. The monoisotopic (exact) mass is 359 g/mol. The van der Waals surface area contributed by atoms with Crippen molar-refractivity contribution in [2.24, 2.45) is 0 Å². The van der Waals surface area contributed by atoms with Crippen molar-refractivity contribution in [3.63, 3.8) is 0 Å². The smallest absolute Gasteiger partial charge is 0.265 e. The number of benzene rings is 2. The number of amides is 1. The number of halogens is 1. The number of aryl methyl sites for hydroxylation is 1. The zero-order valence-corrected chi connectivity index (χ0v) is 15.2. The van der Waals surface area contributed by atoms with Gasteiger partial charge >= 0.3 is 0 Å². The van der Waals surface area contributed by atoms with Crippen LogP contribution in [0.4, 0.5) is 5.69 Å². The minimum atomic E-state index is -0.628. The number of carbonyl (C=O) groups is 1. The van der Waals surface area contributed by atoms with Crippen LogP contribution in [-0.2, 0) is 17.6 Å². The van der Waals surface area contributed by atoms with Gasteiger partial charge in [0.25, 0.3) is 5.91 Å². The summed E-state index contributed by atoms with van der Waals surface area (Å²) in [6.07, 6.45) is 3.82. The summed E-state index contributed by atoms with van der Waals surface area (Å²) in [5.41, 5.74) is 3.09. The van der Waals surface area contributed by atoms with Crippen molar-refractivity contribution in [2.75, 3.05) is 12.4 Å². The highest BCUT2D eigenvalue weighted by Crippen LogP contribution is 2.31. The summed E-state index contributed by atoms with van der Waals surface area (Å²) in [5, 5.41) is 3.36. The van der Waals surface area contributed by atoms with Crippen LogP contribution in [0.5, 0.6) is 11.5 Å². The van der Waals surface area contributed by atoms with Crippen LogP contribution in [0.15, 0.2) is 36.4 Å². The molecular weight excluding hydrogens is 338 g/mol. The summed E-state index contributed by atoms with van der Waals surface area (Å²) < 4.78 is 11.2. The van der Waals surface area contributed by atoms with Crippen LogP contribution in [0, 0.1) is 0 Å². The van der Waals surface area contributed by atoms with Crippen molar-refractivity contribution >= 4 is 23.2 Å². The van der Waals surface area contributed by atoms with E-state index in [0.29, 0.717) is 16.5 Å². The van der Waals surface area contributed by atoms with Gasteiger partial charge in [0, 0.05) is 5.02 Å². The third-order valence-corrected chi connectivity index (χ3v) is 4.68. The number of anilines is 1. The number of ether oxygens (including phenoxy) is 2. The molecule has 0 fully saturated rings. The van der Waals surface area contributed by atoms with Crippen molar-refractivity contribution in [1.29, 1.82) is 0 Å². The van der Waals surface area contributed by atoms with Gasteiger partial charge in [-0.15, -0.1) is 0 Å². The number of fused-ring (bicyclic) bond motifs is 1. The largest absolute Gasteiger partial charge is 0.495 e. The fraction of sp³-hybridized carbons (Fsp3) is 0.350. The molecule has 0 saturated carbocycles. The van der Waals surface area contributed by atoms with Gasteiger partial charge in [-0.1, -0.05) is 23.7 Å². The molecule has 4 nitrogen and oxygen atoms in total. The second kappa shape index (κ2) is 7.79. The Morgan fingerprint density at radius 1 is 1.16 bits per heavy atom. The summed E-state index contributed by atoms with van der Waals surface area (Å²) in [7, 11) is 1.55. The highest BCUT2D eigenvalue weighted by molar-refractivity contribution is 6.31. The van der Waals surface area contributed by atoms with Crippen molar-refractivity contribution in [2.45, 2.75) is 38.7 Å². The van der Waals surface area contributed by atoms with Gasteiger partial charge in [-0.25, -0.2) is 0 Å². The van der Waals surface area contributed by atoms with E-state index in [1.54, 1.807) is 32.2 Å². The zero-order valence-electron chi connectivity index (χ0n) is 14.5. The van der Waals surface area contributed by atoms with E-state index in [9.17, 15) is 4.79 Å². The molecule has 0 aromatic heterocycles. The molecule has 0 saturated heterocycles. The van der Waals surface area contributed by atoms with Crippen LogP contribution >= 0.6 is 11.6 Å². The first-order valence-corrected chi connectivity index (χ1v) is 8.88. The average Bonchev–Trinajstić information content (AvgIpc) is 2.62. The van der Waals surface area contributed by atoms with Gasteiger partial charge in [0.15, 0.2) is 6.10 Å². The fourth-order valence-corrected chi connectivity index (χ4v) is 3.29. The highest BCUT2D eigenvalue weighted by atomic mass is 35.5. The molecule has 3 rings (SSSR count). The molecule has 0 radical (unpaired) electrons. The molecule has 1 N–H and O–H groups in total. The summed E-state index contributed by atoms with van der Waals surface area (Å²) in [4.78, 5) is 12.5. The molecule has 5 heteroatoms. The quantitative estimate of drug-likeness (QED) is 0.846. The molecule has 25 heavy (non-hydrogen) atoms. The predicted octanol–water partition coefficient (Wildman–Crippen LogP) is 4.63. The Kier molecular flexibility index (Phi) is 5.49. The molecule has 0 bridgehead atoms. The summed E-state index contributed by atoms with van der Waals surface area (Å²) in [6.45, 7) is 1.74. The fourth-order valence-electron chi connectivity index (χ4n) is 3.11. The van der Waals surface area contributed by atoms with E-state index in [4.69, 9.17) is 21.1 Å². The summed E-state index contributed by atoms with van der Waals surface area (Å²) in [6, 6.07) is 11.2. The van der Waals surface area contributed by atoms with Crippen LogP contribution in [0.1, 0.15) is 30.9 Å². The molecule has 0 spiro atoms. The standard InChI is InChI=1S/C20H22ClNO3/c1-13(20(23)22-17-12-15(21)10-11-19(17)24-2)25-18-9-5-7-14-6-3-4-8-16(14)18/h5,7,9-13H,3-4,6,8H2,1-2H3,(H,22,23)/t13-/m0/s1. The Morgan fingerprint density at radius 3 is 2.76 bits per heavy atom. The Bertz CT molecular complexity index is 776. The highest BCUT2D eigenvalue weighted by Gasteiger charge is 2.20. The Balaban J connectivity index is 1.73. The van der Waals surface area contributed by atoms with Gasteiger partial charge in [-0.05, 0) is 68.0 Å². The second-order valence-corrected chi connectivity index (χ2v) is 6.63. The average molecular weight is 360 g/mol. The number of methoxy groups -OCH3 is 1. The zero-order chi connectivity index (χ0) is 17.8. The van der Waals surface area contributed by atoms with Gasteiger partial charge in [0.2, 0.25) is 0 Å². The minimum Gasteiger partial charge on any atom is -0.495 e. The Labute approximate surface area is 153 Å². The van der Waals surface area contributed by atoms with Gasteiger partial charge in [-0.3, -0.25) is 4.79 Å². The molecule has 1 amide bonds. The number of carbonyl (C=O) groups excluding carboxylic acids is 1. The van der Waals surface area contributed by atoms with E-state index >= 15 is 0 Å². The van der Waals surface area contributed by atoms with E-state index in [-0.39, 0.29) is 5.91 Å². The molecule has 132 valence electrons. The molecule has 1 aliphatic rings. The van der Waals surface area contributed by atoms with Gasteiger partial charge in [0.05, 0.1) is 12.8 Å².